The van der Waals surface area contributed by atoms with Crippen molar-refractivity contribution in [2.75, 3.05) is 25.0 Å². The van der Waals surface area contributed by atoms with Crippen molar-refractivity contribution in [3.8, 4) is 0 Å². The molecular weight excluding hydrogens is 324 g/mol. The molecular formula is C17H18N4O4. The summed E-state index contributed by atoms with van der Waals surface area (Å²) in [4.78, 5) is 38.5. The van der Waals surface area contributed by atoms with Gasteiger partial charge in [0.1, 0.15) is 6.10 Å². The van der Waals surface area contributed by atoms with Gasteiger partial charge in [-0.25, -0.2) is 9.59 Å². The van der Waals surface area contributed by atoms with Gasteiger partial charge < -0.3 is 15.0 Å². The first-order chi connectivity index (χ1) is 11.9. The van der Waals surface area contributed by atoms with Gasteiger partial charge in [-0.05, 0) is 24.3 Å². The molecule has 3 amide bonds. The molecule has 1 aromatic carbocycles. The van der Waals surface area contributed by atoms with Gasteiger partial charge in [0.15, 0.2) is 0 Å². The molecule has 1 saturated heterocycles. The third-order valence-corrected chi connectivity index (χ3v) is 4.54. The van der Waals surface area contributed by atoms with Gasteiger partial charge in [0.05, 0.1) is 25.2 Å². The molecule has 1 fully saturated rings. The van der Waals surface area contributed by atoms with E-state index in [2.05, 4.69) is 5.32 Å². The van der Waals surface area contributed by atoms with Gasteiger partial charge in [0.25, 0.3) is 0 Å². The van der Waals surface area contributed by atoms with Crippen LogP contribution in [0.5, 0.6) is 0 Å². The smallest absolute Gasteiger partial charge is 0.414 e. The van der Waals surface area contributed by atoms with Crippen molar-refractivity contribution in [1.82, 2.24) is 14.8 Å². The number of amides is 3. The first-order valence-corrected chi connectivity index (χ1v) is 8.06. The van der Waals surface area contributed by atoms with Gasteiger partial charge >= 0.3 is 12.1 Å². The maximum Gasteiger partial charge on any atom is 0.414 e. The van der Waals surface area contributed by atoms with Gasteiger partial charge in [-0.2, -0.15) is 0 Å². The van der Waals surface area contributed by atoms with Crippen molar-refractivity contribution >= 4 is 34.6 Å². The molecule has 0 aliphatic carbocycles. The van der Waals surface area contributed by atoms with E-state index < -0.39 is 6.09 Å². The summed E-state index contributed by atoms with van der Waals surface area (Å²) in [5.74, 6) is -0.158. The average Bonchev–Trinajstić information content (AvgIpc) is 3.18. The number of benzene rings is 1. The Kier molecular flexibility index (Phi) is 3.41. The lowest BCUT2D eigenvalue weighted by atomic mass is 10.2. The number of anilines is 1. The number of carbonyl (C=O) groups is 3. The second kappa shape index (κ2) is 5.51. The van der Waals surface area contributed by atoms with E-state index in [-0.39, 0.29) is 18.0 Å². The number of cyclic esters (lactones) is 1. The lowest BCUT2D eigenvalue weighted by molar-refractivity contribution is -0.119. The summed E-state index contributed by atoms with van der Waals surface area (Å²) in [6.07, 6.45) is -0.807. The van der Waals surface area contributed by atoms with E-state index in [0.717, 1.165) is 16.6 Å². The van der Waals surface area contributed by atoms with Gasteiger partial charge in [-0.3, -0.25) is 14.3 Å². The van der Waals surface area contributed by atoms with Crippen LogP contribution >= 0.6 is 0 Å². The number of rotatable bonds is 3. The van der Waals surface area contributed by atoms with Crippen molar-refractivity contribution in [3.63, 3.8) is 0 Å². The van der Waals surface area contributed by atoms with Crippen molar-refractivity contribution in [3.05, 3.63) is 30.0 Å². The highest BCUT2D eigenvalue weighted by Gasteiger charge is 2.33. The number of fused-ring (bicyclic) bond motifs is 3. The molecule has 2 aliphatic rings. The van der Waals surface area contributed by atoms with Crippen LogP contribution in [0.15, 0.2) is 24.3 Å². The standard InChI is InChI=1S/C17H18N4O4/c1-10(22)18-7-14-9-20(17(24)25-14)12-3-4-15-11(5-12)6-13-8-19(2)16(23)21(13)15/h3-6,14H,7-9H2,1-2H3,(H,18,22). The number of aromatic nitrogens is 1. The van der Waals surface area contributed by atoms with Crippen LogP contribution in [0.1, 0.15) is 12.6 Å². The summed E-state index contributed by atoms with van der Waals surface area (Å²) < 4.78 is 6.98. The van der Waals surface area contributed by atoms with Crippen LogP contribution in [0, 0.1) is 0 Å². The van der Waals surface area contributed by atoms with Crippen LogP contribution in [0.3, 0.4) is 0 Å². The number of nitrogens with one attached hydrogen (secondary N) is 1. The Labute approximate surface area is 143 Å². The minimum atomic E-state index is -0.433. The number of nitrogens with zero attached hydrogens (tertiary/aromatic N) is 3. The van der Waals surface area contributed by atoms with Crippen molar-refractivity contribution < 1.29 is 19.1 Å². The second-order valence-electron chi connectivity index (χ2n) is 6.41. The van der Waals surface area contributed by atoms with Crippen LogP contribution in [0.25, 0.3) is 10.9 Å². The first-order valence-electron chi connectivity index (χ1n) is 8.06. The van der Waals surface area contributed by atoms with Crippen molar-refractivity contribution in [1.29, 1.82) is 0 Å². The van der Waals surface area contributed by atoms with Crippen LogP contribution in [-0.2, 0) is 16.1 Å². The highest BCUT2D eigenvalue weighted by atomic mass is 16.6. The number of carbonyl (C=O) groups excluding carboxylic acids is 3. The van der Waals surface area contributed by atoms with Crippen molar-refractivity contribution in [2.45, 2.75) is 19.6 Å². The molecule has 4 rings (SSSR count). The quantitative estimate of drug-likeness (QED) is 0.916. The molecule has 8 nitrogen and oxygen atoms in total. The highest BCUT2D eigenvalue weighted by Crippen LogP contribution is 2.30. The van der Waals surface area contributed by atoms with Crippen LogP contribution < -0.4 is 10.2 Å². The summed E-state index contributed by atoms with van der Waals surface area (Å²) in [7, 11) is 1.77. The third-order valence-electron chi connectivity index (χ3n) is 4.54. The average molecular weight is 342 g/mol. The lowest BCUT2D eigenvalue weighted by Gasteiger charge is -2.14. The topological polar surface area (TPSA) is 83.9 Å². The summed E-state index contributed by atoms with van der Waals surface area (Å²) in [6, 6.07) is 7.46. The van der Waals surface area contributed by atoms with E-state index in [9.17, 15) is 14.4 Å². The van der Waals surface area contributed by atoms with E-state index in [1.54, 1.807) is 21.4 Å². The minimum Gasteiger partial charge on any atom is -0.442 e. The molecule has 2 aromatic rings. The van der Waals surface area contributed by atoms with E-state index in [1.165, 1.54) is 6.92 Å². The van der Waals surface area contributed by atoms with Gasteiger partial charge in [0, 0.05) is 30.7 Å². The molecule has 1 unspecified atom stereocenters. The largest absolute Gasteiger partial charge is 0.442 e. The van der Waals surface area contributed by atoms with Crippen LogP contribution in [-0.4, -0.2) is 53.7 Å². The summed E-state index contributed by atoms with van der Waals surface area (Å²) in [5.41, 5.74) is 2.48. The number of ether oxygens (including phenoxy) is 1. The number of hydrogen-bond acceptors (Lipinski definition) is 4. The Hall–Kier alpha value is -3.03. The molecule has 0 bridgehead atoms. The molecule has 0 spiro atoms. The molecule has 3 heterocycles. The fraction of sp³-hybridized carbons (Fsp3) is 0.353. The van der Waals surface area contributed by atoms with E-state index in [1.807, 2.05) is 24.3 Å². The zero-order valence-electron chi connectivity index (χ0n) is 14.0. The Morgan fingerprint density at radius 2 is 2.12 bits per heavy atom. The fourth-order valence-corrected chi connectivity index (χ4v) is 3.35. The maximum absolute atomic E-state index is 12.2. The molecule has 1 N–H and O–H groups in total. The fourth-order valence-electron chi connectivity index (χ4n) is 3.35. The summed E-state index contributed by atoms with van der Waals surface area (Å²) in [6.45, 7) is 2.67. The van der Waals surface area contributed by atoms with E-state index >= 15 is 0 Å². The predicted molar refractivity (Wildman–Crippen MR) is 90.5 cm³/mol. The highest BCUT2D eigenvalue weighted by molar-refractivity contribution is 5.98. The molecule has 0 radical (unpaired) electrons. The zero-order chi connectivity index (χ0) is 17.7. The summed E-state index contributed by atoms with van der Waals surface area (Å²) in [5, 5.41) is 3.57. The Balaban J connectivity index is 1.60. The SMILES string of the molecule is CC(=O)NCC1CN(c2ccc3c(c2)cc2n3C(=O)N(C)C2)C(=O)O1. The van der Waals surface area contributed by atoms with Gasteiger partial charge in [-0.15, -0.1) is 0 Å². The molecule has 1 atom stereocenters. The number of hydrogen-bond donors (Lipinski definition) is 1. The molecule has 0 saturated carbocycles. The first kappa shape index (κ1) is 15.5. The monoisotopic (exact) mass is 342 g/mol. The van der Waals surface area contributed by atoms with Gasteiger partial charge in [-0.1, -0.05) is 0 Å². The van der Waals surface area contributed by atoms with E-state index in [4.69, 9.17) is 4.74 Å². The maximum atomic E-state index is 12.2. The third kappa shape index (κ3) is 2.50. The minimum absolute atomic E-state index is 0.0475. The van der Waals surface area contributed by atoms with Crippen molar-refractivity contribution in [2.24, 2.45) is 0 Å². The predicted octanol–water partition coefficient (Wildman–Crippen LogP) is 1.52. The normalized spacial score (nSPS) is 19.5. The Morgan fingerprint density at radius 3 is 2.88 bits per heavy atom. The second-order valence-corrected chi connectivity index (χ2v) is 6.41. The lowest BCUT2D eigenvalue weighted by Crippen LogP contribution is -2.33. The molecule has 2 aliphatic heterocycles. The van der Waals surface area contributed by atoms with E-state index in [0.29, 0.717) is 25.3 Å². The molecule has 25 heavy (non-hydrogen) atoms. The van der Waals surface area contributed by atoms with Crippen LogP contribution in [0.2, 0.25) is 0 Å². The zero-order valence-corrected chi connectivity index (χ0v) is 14.0. The summed E-state index contributed by atoms with van der Waals surface area (Å²) >= 11 is 0. The molecule has 8 heteroatoms. The Morgan fingerprint density at radius 1 is 1.32 bits per heavy atom. The molecule has 130 valence electrons. The molecule has 1 aromatic heterocycles. The Bertz CT molecular complexity index is 903. The van der Waals surface area contributed by atoms with Gasteiger partial charge in [0.2, 0.25) is 5.91 Å². The van der Waals surface area contributed by atoms with Crippen LogP contribution in [0.4, 0.5) is 15.3 Å².